The zero-order valence-electron chi connectivity index (χ0n) is 14.3. The fourth-order valence-corrected chi connectivity index (χ4v) is 2.51. The van der Waals surface area contributed by atoms with E-state index in [1.165, 1.54) is 38.5 Å². The molecule has 0 fully saturated rings. The molecular formula is C17H34NNaO5. The Bertz CT molecular complexity index is 328. The molecule has 1 unspecified atom stereocenters. The molecule has 0 aromatic heterocycles. The second-order valence-electron chi connectivity index (χ2n) is 6.12. The standard InChI is InChI=1S/C17H33NO5.Na.H/c1-2-3-4-5-6-7-8-9-10-11-15(19)18-14(17(22)23)12-13-16(20)21;;/h14-15,18-19H,2-13H2,1H3,(H,20,21)(H,22,23);;/t14-,15?;;/m0../s1. The Morgan fingerprint density at radius 2 is 1.38 bits per heavy atom. The molecule has 0 aliphatic heterocycles. The monoisotopic (exact) mass is 355 g/mol. The first-order valence-electron chi connectivity index (χ1n) is 8.86. The first-order chi connectivity index (χ1) is 11.0. The van der Waals surface area contributed by atoms with Crippen LogP contribution in [0.3, 0.4) is 0 Å². The molecule has 24 heavy (non-hydrogen) atoms. The van der Waals surface area contributed by atoms with Crippen LogP contribution in [-0.2, 0) is 9.59 Å². The number of carboxylic acid groups (broad SMARTS) is 2. The van der Waals surface area contributed by atoms with Gasteiger partial charge in [-0.05, 0) is 19.3 Å². The van der Waals surface area contributed by atoms with Crippen molar-refractivity contribution in [2.75, 3.05) is 0 Å². The normalized spacial score (nSPS) is 13.1. The summed E-state index contributed by atoms with van der Waals surface area (Å²) in [6.07, 6.45) is 10.00. The Morgan fingerprint density at radius 3 is 1.83 bits per heavy atom. The zero-order chi connectivity index (χ0) is 17.5. The summed E-state index contributed by atoms with van der Waals surface area (Å²) in [5, 5.41) is 30.0. The molecular weight excluding hydrogens is 321 g/mol. The van der Waals surface area contributed by atoms with Crippen LogP contribution in [0.1, 0.15) is 84.0 Å². The number of rotatable bonds is 16. The van der Waals surface area contributed by atoms with Gasteiger partial charge < -0.3 is 15.3 Å². The molecule has 0 aliphatic rings. The maximum atomic E-state index is 11.0. The van der Waals surface area contributed by atoms with Crippen LogP contribution >= 0.6 is 0 Å². The number of nitrogens with one attached hydrogen (secondary N) is 1. The van der Waals surface area contributed by atoms with Gasteiger partial charge in [0.2, 0.25) is 0 Å². The predicted octanol–water partition coefficient (Wildman–Crippen LogP) is 2.48. The van der Waals surface area contributed by atoms with Gasteiger partial charge in [0.1, 0.15) is 12.3 Å². The number of unbranched alkanes of at least 4 members (excludes halogenated alkanes) is 8. The predicted molar refractivity (Wildman–Crippen MR) is 96.4 cm³/mol. The molecule has 0 amide bonds. The minimum absolute atomic E-state index is 0. The fraction of sp³-hybridized carbons (Fsp3) is 0.882. The van der Waals surface area contributed by atoms with Crippen LogP contribution in [0.2, 0.25) is 0 Å². The number of carboxylic acids is 2. The third-order valence-electron chi connectivity index (χ3n) is 3.92. The van der Waals surface area contributed by atoms with Crippen LogP contribution in [0.5, 0.6) is 0 Å². The van der Waals surface area contributed by atoms with E-state index in [2.05, 4.69) is 12.2 Å². The maximum absolute atomic E-state index is 11.0. The number of hydrogen-bond donors (Lipinski definition) is 4. The second kappa shape index (κ2) is 17.7. The number of aliphatic hydroxyl groups excluding tert-OH is 1. The van der Waals surface area contributed by atoms with Gasteiger partial charge in [-0.25, -0.2) is 0 Å². The summed E-state index contributed by atoms with van der Waals surface area (Å²) >= 11 is 0. The second-order valence-corrected chi connectivity index (χ2v) is 6.12. The van der Waals surface area contributed by atoms with Crippen LogP contribution in [0.15, 0.2) is 0 Å². The van der Waals surface area contributed by atoms with Gasteiger partial charge in [0.25, 0.3) is 0 Å². The van der Waals surface area contributed by atoms with E-state index in [-0.39, 0.29) is 42.4 Å². The Kier molecular flexibility index (Phi) is 19.2. The number of hydrogen-bond acceptors (Lipinski definition) is 4. The molecule has 7 heteroatoms. The fourth-order valence-electron chi connectivity index (χ4n) is 2.51. The number of carbonyl (C=O) groups is 2. The molecule has 0 saturated carbocycles. The molecule has 0 heterocycles. The summed E-state index contributed by atoms with van der Waals surface area (Å²) in [5.74, 6) is -2.16. The third kappa shape index (κ3) is 16.7. The van der Waals surface area contributed by atoms with Crippen molar-refractivity contribution >= 4 is 41.5 Å². The van der Waals surface area contributed by atoms with E-state index in [1.54, 1.807) is 0 Å². The summed E-state index contributed by atoms with van der Waals surface area (Å²) in [6, 6.07) is -1.01. The van der Waals surface area contributed by atoms with Crippen molar-refractivity contribution < 1.29 is 24.9 Å². The van der Waals surface area contributed by atoms with Crippen LogP contribution in [0.4, 0.5) is 0 Å². The van der Waals surface area contributed by atoms with Crippen molar-refractivity contribution in [1.29, 1.82) is 0 Å². The molecule has 138 valence electrons. The van der Waals surface area contributed by atoms with Gasteiger partial charge in [0.15, 0.2) is 0 Å². The van der Waals surface area contributed by atoms with Gasteiger partial charge in [0.05, 0.1) is 0 Å². The Morgan fingerprint density at radius 1 is 0.875 bits per heavy atom. The van der Waals surface area contributed by atoms with Gasteiger partial charge in [0, 0.05) is 6.42 Å². The van der Waals surface area contributed by atoms with Crippen LogP contribution < -0.4 is 5.32 Å². The number of aliphatic hydroxyl groups is 1. The number of aliphatic carboxylic acids is 2. The van der Waals surface area contributed by atoms with E-state index in [4.69, 9.17) is 10.2 Å². The average Bonchev–Trinajstić information content (AvgIpc) is 2.49. The zero-order valence-corrected chi connectivity index (χ0v) is 14.3. The van der Waals surface area contributed by atoms with E-state index in [9.17, 15) is 14.7 Å². The van der Waals surface area contributed by atoms with E-state index in [0.717, 1.165) is 19.3 Å². The van der Waals surface area contributed by atoms with Crippen molar-refractivity contribution in [3.8, 4) is 0 Å². The Hall–Kier alpha value is -0.140. The van der Waals surface area contributed by atoms with E-state index >= 15 is 0 Å². The van der Waals surface area contributed by atoms with E-state index < -0.39 is 24.2 Å². The topological polar surface area (TPSA) is 107 Å². The van der Waals surface area contributed by atoms with Crippen LogP contribution in [0.25, 0.3) is 0 Å². The molecule has 0 aromatic rings. The average molecular weight is 355 g/mol. The van der Waals surface area contributed by atoms with Crippen molar-refractivity contribution in [1.82, 2.24) is 5.32 Å². The molecule has 0 spiro atoms. The molecule has 0 bridgehead atoms. The van der Waals surface area contributed by atoms with Gasteiger partial charge in [-0.2, -0.15) is 0 Å². The molecule has 6 nitrogen and oxygen atoms in total. The van der Waals surface area contributed by atoms with Crippen molar-refractivity contribution in [2.24, 2.45) is 0 Å². The molecule has 2 atom stereocenters. The quantitative estimate of drug-likeness (QED) is 0.192. The Labute approximate surface area is 167 Å². The van der Waals surface area contributed by atoms with Gasteiger partial charge >= 0.3 is 41.5 Å². The van der Waals surface area contributed by atoms with E-state index in [0.29, 0.717) is 6.42 Å². The first kappa shape index (κ1) is 26.1. The summed E-state index contributed by atoms with van der Waals surface area (Å²) in [6.45, 7) is 2.20. The van der Waals surface area contributed by atoms with Crippen molar-refractivity contribution in [3.05, 3.63) is 0 Å². The Balaban J connectivity index is 0. The van der Waals surface area contributed by atoms with Crippen molar-refractivity contribution in [3.63, 3.8) is 0 Å². The van der Waals surface area contributed by atoms with E-state index in [1.807, 2.05) is 0 Å². The van der Waals surface area contributed by atoms with Gasteiger partial charge in [-0.1, -0.05) is 58.3 Å². The van der Waals surface area contributed by atoms with Gasteiger partial charge in [-0.3, -0.25) is 14.9 Å². The first-order valence-corrected chi connectivity index (χ1v) is 8.86. The molecule has 0 saturated heterocycles. The minimum atomic E-state index is -1.13. The van der Waals surface area contributed by atoms with Gasteiger partial charge in [-0.15, -0.1) is 0 Å². The van der Waals surface area contributed by atoms with Crippen LogP contribution in [-0.4, -0.2) is 69.1 Å². The molecule has 0 aromatic carbocycles. The van der Waals surface area contributed by atoms with Crippen molar-refractivity contribution in [2.45, 2.75) is 96.2 Å². The molecule has 0 aliphatic carbocycles. The summed E-state index contributed by atoms with van der Waals surface area (Å²) in [7, 11) is 0. The summed E-state index contributed by atoms with van der Waals surface area (Å²) in [5.41, 5.74) is 0. The molecule has 0 radical (unpaired) electrons. The summed E-state index contributed by atoms with van der Waals surface area (Å²) in [4.78, 5) is 21.5. The molecule has 0 rings (SSSR count). The molecule has 4 N–H and O–H groups in total. The third-order valence-corrected chi connectivity index (χ3v) is 3.92. The summed E-state index contributed by atoms with van der Waals surface area (Å²) < 4.78 is 0. The van der Waals surface area contributed by atoms with Crippen LogP contribution in [0, 0.1) is 0 Å². The SMILES string of the molecule is CCCCCCCCCCCC(O)N[C@@H](CCC(=O)O)C(=O)O.[NaH].